The summed E-state index contributed by atoms with van der Waals surface area (Å²) < 4.78 is 13.3. The molecule has 106 valence electrons. The lowest BCUT2D eigenvalue weighted by Crippen LogP contribution is -2.20. The summed E-state index contributed by atoms with van der Waals surface area (Å²) in [4.78, 5) is 0. The Balaban J connectivity index is 2.03. The van der Waals surface area contributed by atoms with Crippen LogP contribution in [-0.4, -0.2) is 5.11 Å². The normalized spacial score (nSPS) is 12.3. The number of aromatic hydroxyl groups is 1. The molecule has 20 heavy (non-hydrogen) atoms. The topological polar surface area (TPSA) is 32.3 Å². The number of phenols is 1. The number of halogens is 2. The molecule has 0 aliphatic rings. The van der Waals surface area contributed by atoms with Crippen molar-refractivity contribution in [2.75, 3.05) is 0 Å². The van der Waals surface area contributed by atoms with Gasteiger partial charge in [-0.05, 0) is 41.8 Å². The van der Waals surface area contributed by atoms with Crippen molar-refractivity contribution in [2.24, 2.45) is 0 Å². The van der Waals surface area contributed by atoms with Crippen molar-refractivity contribution >= 4 is 11.6 Å². The molecule has 2 aromatic rings. The molecule has 0 radical (unpaired) electrons. The largest absolute Gasteiger partial charge is 0.505 e. The molecular formula is C16H17ClFNO. The van der Waals surface area contributed by atoms with Crippen LogP contribution in [0.25, 0.3) is 0 Å². The Hall–Kier alpha value is -1.58. The van der Waals surface area contributed by atoms with E-state index in [9.17, 15) is 4.39 Å². The van der Waals surface area contributed by atoms with Gasteiger partial charge in [0.15, 0.2) is 11.6 Å². The lowest BCUT2D eigenvalue weighted by molar-refractivity contribution is 0.431. The van der Waals surface area contributed by atoms with Gasteiger partial charge in [-0.15, -0.1) is 0 Å². The van der Waals surface area contributed by atoms with Crippen LogP contribution in [0.15, 0.2) is 42.5 Å². The Kier molecular flexibility index (Phi) is 4.99. The van der Waals surface area contributed by atoms with E-state index in [1.807, 2.05) is 24.3 Å². The summed E-state index contributed by atoms with van der Waals surface area (Å²) in [7, 11) is 0. The van der Waals surface area contributed by atoms with Crippen LogP contribution in [0.1, 0.15) is 30.5 Å². The fourth-order valence-electron chi connectivity index (χ4n) is 2.09. The average Bonchev–Trinajstić information content (AvgIpc) is 2.45. The molecule has 0 aromatic heterocycles. The molecule has 0 heterocycles. The SMILES string of the molecule is CCC(NCc1ccc(O)c(F)c1)c1ccc(Cl)cc1. The van der Waals surface area contributed by atoms with E-state index >= 15 is 0 Å². The van der Waals surface area contributed by atoms with Crippen LogP contribution < -0.4 is 5.32 Å². The van der Waals surface area contributed by atoms with Gasteiger partial charge in [-0.2, -0.15) is 0 Å². The molecule has 0 amide bonds. The van der Waals surface area contributed by atoms with Gasteiger partial charge >= 0.3 is 0 Å². The van der Waals surface area contributed by atoms with Gasteiger partial charge in [0.05, 0.1) is 0 Å². The van der Waals surface area contributed by atoms with Crippen molar-refractivity contribution in [1.29, 1.82) is 0 Å². The maximum Gasteiger partial charge on any atom is 0.165 e. The Bertz CT molecular complexity index is 571. The maximum atomic E-state index is 13.3. The fraction of sp³-hybridized carbons (Fsp3) is 0.250. The first kappa shape index (κ1) is 14.8. The zero-order chi connectivity index (χ0) is 14.5. The molecule has 2 rings (SSSR count). The van der Waals surface area contributed by atoms with Gasteiger partial charge in [0.1, 0.15) is 0 Å². The fourth-order valence-corrected chi connectivity index (χ4v) is 2.22. The molecule has 2 N–H and O–H groups in total. The van der Waals surface area contributed by atoms with E-state index in [1.165, 1.54) is 12.1 Å². The zero-order valence-corrected chi connectivity index (χ0v) is 12.0. The Morgan fingerprint density at radius 1 is 1.20 bits per heavy atom. The molecule has 0 saturated carbocycles. The summed E-state index contributed by atoms with van der Waals surface area (Å²) in [6.07, 6.45) is 0.919. The van der Waals surface area contributed by atoms with Gasteiger partial charge in [0.25, 0.3) is 0 Å². The van der Waals surface area contributed by atoms with Gasteiger partial charge < -0.3 is 10.4 Å². The molecule has 0 aliphatic heterocycles. The molecule has 0 saturated heterocycles. The molecule has 2 nitrogen and oxygen atoms in total. The second kappa shape index (κ2) is 6.73. The van der Waals surface area contributed by atoms with E-state index < -0.39 is 5.82 Å². The Morgan fingerprint density at radius 2 is 1.90 bits per heavy atom. The highest BCUT2D eigenvalue weighted by Crippen LogP contribution is 2.21. The van der Waals surface area contributed by atoms with Crippen LogP contribution in [0.5, 0.6) is 5.75 Å². The van der Waals surface area contributed by atoms with Crippen molar-refractivity contribution < 1.29 is 9.50 Å². The maximum absolute atomic E-state index is 13.3. The third-order valence-corrected chi connectivity index (χ3v) is 3.50. The molecule has 0 bridgehead atoms. The van der Waals surface area contributed by atoms with Gasteiger partial charge in [-0.25, -0.2) is 4.39 Å². The number of rotatable bonds is 5. The third kappa shape index (κ3) is 3.71. The van der Waals surface area contributed by atoms with E-state index in [2.05, 4.69) is 12.2 Å². The van der Waals surface area contributed by atoms with Gasteiger partial charge in [-0.3, -0.25) is 0 Å². The molecule has 0 aliphatic carbocycles. The predicted molar refractivity (Wildman–Crippen MR) is 79.4 cm³/mol. The van der Waals surface area contributed by atoms with E-state index in [-0.39, 0.29) is 11.8 Å². The van der Waals surface area contributed by atoms with Crippen LogP contribution in [0.4, 0.5) is 4.39 Å². The molecule has 0 fully saturated rings. The van der Waals surface area contributed by atoms with Crippen molar-refractivity contribution in [2.45, 2.75) is 25.9 Å². The molecule has 4 heteroatoms. The Morgan fingerprint density at radius 3 is 2.50 bits per heavy atom. The molecule has 2 aromatic carbocycles. The summed E-state index contributed by atoms with van der Waals surface area (Å²) in [5, 5.41) is 13.3. The van der Waals surface area contributed by atoms with Crippen LogP contribution >= 0.6 is 11.6 Å². The molecule has 0 spiro atoms. The van der Waals surface area contributed by atoms with Crippen molar-refractivity contribution in [1.82, 2.24) is 5.32 Å². The summed E-state index contributed by atoms with van der Waals surface area (Å²) >= 11 is 5.88. The number of phenolic OH excluding ortho intramolecular Hbond substituents is 1. The minimum absolute atomic E-state index is 0.184. The smallest absolute Gasteiger partial charge is 0.165 e. The van der Waals surface area contributed by atoms with Crippen molar-refractivity contribution in [3.63, 3.8) is 0 Å². The van der Waals surface area contributed by atoms with Gasteiger partial charge in [0.2, 0.25) is 0 Å². The van der Waals surface area contributed by atoms with E-state index in [4.69, 9.17) is 16.7 Å². The first-order valence-electron chi connectivity index (χ1n) is 6.56. The standard InChI is InChI=1S/C16H17ClFNO/c1-2-15(12-4-6-13(17)7-5-12)19-10-11-3-8-16(20)14(18)9-11/h3-9,15,19-20H,2,10H2,1H3. The highest BCUT2D eigenvalue weighted by molar-refractivity contribution is 6.30. The summed E-state index contributed by atoms with van der Waals surface area (Å²) in [6, 6.07) is 12.3. The third-order valence-electron chi connectivity index (χ3n) is 3.25. The summed E-state index contributed by atoms with van der Waals surface area (Å²) in [6.45, 7) is 2.63. The second-order valence-electron chi connectivity index (χ2n) is 4.68. The van der Waals surface area contributed by atoms with E-state index in [0.717, 1.165) is 17.5 Å². The van der Waals surface area contributed by atoms with Crippen molar-refractivity contribution in [3.05, 3.63) is 64.4 Å². The number of hydrogen-bond acceptors (Lipinski definition) is 2. The quantitative estimate of drug-likeness (QED) is 0.855. The highest BCUT2D eigenvalue weighted by atomic mass is 35.5. The lowest BCUT2D eigenvalue weighted by Gasteiger charge is -2.17. The van der Waals surface area contributed by atoms with E-state index in [0.29, 0.717) is 11.6 Å². The van der Waals surface area contributed by atoms with Gasteiger partial charge in [-0.1, -0.05) is 36.7 Å². The number of hydrogen-bond donors (Lipinski definition) is 2. The zero-order valence-electron chi connectivity index (χ0n) is 11.2. The monoisotopic (exact) mass is 293 g/mol. The van der Waals surface area contributed by atoms with Crippen LogP contribution in [-0.2, 0) is 6.54 Å². The summed E-state index contributed by atoms with van der Waals surface area (Å²) in [5.74, 6) is -0.915. The highest BCUT2D eigenvalue weighted by Gasteiger charge is 2.09. The molecule has 1 atom stereocenters. The molecular weight excluding hydrogens is 277 g/mol. The predicted octanol–water partition coefficient (Wildman–Crippen LogP) is 4.43. The summed E-state index contributed by atoms with van der Waals surface area (Å²) in [5.41, 5.74) is 1.95. The van der Waals surface area contributed by atoms with Gasteiger partial charge in [0, 0.05) is 17.6 Å². The van der Waals surface area contributed by atoms with Crippen LogP contribution in [0.2, 0.25) is 5.02 Å². The van der Waals surface area contributed by atoms with Crippen molar-refractivity contribution in [3.8, 4) is 5.75 Å². The van der Waals surface area contributed by atoms with Crippen LogP contribution in [0, 0.1) is 5.82 Å². The average molecular weight is 294 g/mol. The van der Waals surface area contributed by atoms with Crippen LogP contribution in [0.3, 0.4) is 0 Å². The first-order valence-corrected chi connectivity index (χ1v) is 6.94. The first-order chi connectivity index (χ1) is 9.60. The second-order valence-corrected chi connectivity index (χ2v) is 5.12. The molecule has 1 unspecified atom stereocenters. The minimum Gasteiger partial charge on any atom is -0.505 e. The Labute approximate surface area is 123 Å². The lowest BCUT2D eigenvalue weighted by atomic mass is 10.0. The minimum atomic E-state index is -0.594. The number of nitrogens with one attached hydrogen (secondary N) is 1. The number of benzene rings is 2. The van der Waals surface area contributed by atoms with E-state index in [1.54, 1.807) is 6.07 Å².